The Morgan fingerprint density at radius 2 is 1.65 bits per heavy atom. The molecule has 2 rings (SSSR count). The van der Waals surface area contributed by atoms with Crippen molar-refractivity contribution >= 4 is 27.5 Å². The molecule has 0 aliphatic rings. The predicted molar refractivity (Wildman–Crippen MR) is 92.1 cm³/mol. The standard InChI is InChI=1S/C18H20BrCl/c1-4-12(2)14-6-8-15(9-7-14)18(19)17-11-16(20)10-5-13(17)3/h5-12,18H,4H2,1-3H3. The van der Waals surface area contributed by atoms with Gasteiger partial charge in [0.25, 0.3) is 0 Å². The minimum Gasteiger partial charge on any atom is -0.0843 e. The van der Waals surface area contributed by atoms with Crippen LogP contribution in [0.25, 0.3) is 0 Å². The van der Waals surface area contributed by atoms with Gasteiger partial charge in [0.2, 0.25) is 0 Å². The molecule has 106 valence electrons. The molecule has 0 radical (unpaired) electrons. The number of halogens is 2. The second-order valence-corrected chi connectivity index (χ2v) is 6.69. The molecule has 2 aromatic rings. The van der Waals surface area contributed by atoms with E-state index in [0.29, 0.717) is 5.92 Å². The van der Waals surface area contributed by atoms with Crippen molar-refractivity contribution in [3.8, 4) is 0 Å². The average Bonchev–Trinajstić information content (AvgIpc) is 2.48. The van der Waals surface area contributed by atoms with Crippen LogP contribution in [-0.2, 0) is 0 Å². The lowest BCUT2D eigenvalue weighted by molar-refractivity contribution is 0.733. The van der Waals surface area contributed by atoms with E-state index in [9.17, 15) is 0 Å². The van der Waals surface area contributed by atoms with Gasteiger partial charge in [-0.3, -0.25) is 0 Å². The Kier molecular flexibility index (Phi) is 5.29. The molecule has 0 aliphatic heterocycles. The van der Waals surface area contributed by atoms with Crippen LogP contribution in [0.3, 0.4) is 0 Å². The maximum absolute atomic E-state index is 6.11. The molecule has 2 atom stereocenters. The predicted octanol–water partition coefficient (Wildman–Crippen LogP) is 6.65. The third kappa shape index (κ3) is 3.45. The monoisotopic (exact) mass is 350 g/mol. The summed E-state index contributed by atoms with van der Waals surface area (Å²) >= 11 is 9.91. The zero-order valence-corrected chi connectivity index (χ0v) is 14.5. The summed E-state index contributed by atoms with van der Waals surface area (Å²) in [6.45, 7) is 6.61. The Bertz CT molecular complexity index is 574. The summed E-state index contributed by atoms with van der Waals surface area (Å²) in [6, 6.07) is 14.9. The van der Waals surface area contributed by atoms with Gasteiger partial charge in [0.1, 0.15) is 0 Å². The first-order valence-electron chi connectivity index (χ1n) is 7.03. The van der Waals surface area contributed by atoms with Crippen LogP contribution in [0.15, 0.2) is 42.5 Å². The fraction of sp³-hybridized carbons (Fsp3) is 0.333. The molecule has 0 aromatic heterocycles. The molecule has 0 nitrogen and oxygen atoms in total. The number of hydrogen-bond acceptors (Lipinski definition) is 0. The number of alkyl halides is 1. The topological polar surface area (TPSA) is 0 Å². The van der Waals surface area contributed by atoms with Crippen molar-refractivity contribution in [2.24, 2.45) is 0 Å². The van der Waals surface area contributed by atoms with Crippen molar-refractivity contribution in [1.82, 2.24) is 0 Å². The van der Waals surface area contributed by atoms with Crippen LogP contribution in [0.4, 0.5) is 0 Å². The van der Waals surface area contributed by atoms with Crippen LogP contribution in [-0.4, -0.2) is 0 Å². The summed E-state index contributed by atoms with van der Waals surface area (Å²) in [5, 5.41) is 0.784. The molecular formula is C18H20BrCl. The van der Waals surface area contributed by atoms with Crippen LogP contribution >= 0.6 is 27.5 Å². The summed E-state index contributed by atoms with van der Waals surface area (Å²) in [7, 11) is 0. The Hall–Kier alpha value is -0.790. The molecule has 0 saturated heterocycles. The van der Waals surface area contributed by atoms with Crippen LogP contribution in [0.5, 0.6) is 0 Å². The first-order chi connectivity index (χ1) is 9.52. The molecule has 2 heteroatoms. The minimum absolute atomic E-state index is 0.187. The Morgan fingerprint density at radius 3 is 2.25 bits per heavy atom. The zero-order chi connectivity index (χ0) is 14.7. The van der Waals surface area contributed by atoms with E-state index in [1.807, 2.05) is 12.1 Å². The highest BCUT2D eigenvalue weighted by Gasteiger charge is 2.13. The highest BCUT2D eigenvalue weighted by atomic mass is 79.9. The Labute approximate surface area is 135 Å². The molecule has 0 saturated carbocycles. The second kappa shape index (κ2) is 6.78. The molecular weight excluding hydrogens is 332 g/mol. The van der Waals surface area contributed by atoms with E-state index in [1.165, 1.54) is 28.7 Å². The van der Waals surface area contributed by atoms with E-state index >= 15 is 0 Å². The minimum atomic E-state index is 0.187. The van der Waals surface area contributed by atoms with Gasteiger partial charge in [0.15, 0.2) is 0 Å². The lowest BCUT2D eigenvalue weighted by Gasteiger charge is -2.16. The van der Waals surface area contributed by atoms with E-state index in [2.05, 4.69) is 67.0 Å². The first kappa shape index (κ1) is 15.6. The van der Waals surface area contributed by atoms with Crippen LogP contribution in [0.1, 0.15) is 53.3 Å². The van der Waals surface area contributed by atoms with Gasteiger partial charge < -0.3 is 0 Å². The summed E-state index contributed by atoms with van der Waals surface area (Å²) in [6.07, 6.45) is 1.17. The first-order valence-corrected chi connectivity index (χ1v) is 8.32. The van der Waals surface area contributed by atoms with E-state index in [0.717, 1.165) is 5.02 Å². The smallest absolute Gasteiger partial charge is 0.0647 e. The zero-order valence-electron chi connectivity index (χ0n) is 12.2. The van der Waals surface area contributed by atoms with Crippen LogP contribution < -0.4 is 0 Å². The molecule has 0 aliphatic carbocycles. The molecule has 0 N–H and O–H groups in total. The fourth-order valence-electron chi connectivity index (χ4n) is 2.29. The third-order valence-electron chi connectivity index (χ3n) is 3.92. The largest absolute Gasteiger partial charge is 0.0843 e. The molecule has 2 aromatic carbocycles. The van der Waals surface area contributed by atoms with Crippen molar-refractivity contribution < 1.29 is 0 Å². The SMILES string of the molecule is CCC(C)c1ccc(C(Br)c2cc(Cl)ccc2C)cc1. The summed E-state index contributed by atoms with van der Waals surface area (Å²) < 4.78 is 0. The molecule has 2 unspecified atom stereocenters. The van der Waals surface area contributed by atoms with Crippen molar-refractivity contribution in [2.75, 3.05) is 0 Å². The van der Waals surface area contributed by atoms with Gasteiger partial charge in [-0.1, -0.05) is 71.7 Å². The molecule has 0 spiro atoms. The number of rotatable bonds is 4. The maximum atomic E-state index is 6.11. The van der Waals surface area contributed by atoms with Crippen molar-refractivity contribution in [1.29, 1.82) is 0 Å². The van der Waals surface area contributed by atoms with Crippen LogP contribution in [0, 0.1) is 6.92 Å². The van der Waals surface area contributed by atoms with Crippen LogP contribution in [0.2, 0.25) is 5.02 Å². The Balaban J connectivity index is 2.29. The van der Waals surface area contributed by atoms with Gasteiger partial charge >= 0.3 is 0 Å². The molecule has 20 heavy (non-hydrogen) atoms. The van der Waals surface area contributed by atoms with Gasteiger partial charge in [-0.05, 0) is 53.6 Å². The highest BCUT2D eigenvalue weighted by molar-refractivity contribution is 9.09. The summed E-state index contributed by atoms with van der Waals surface area (Å²) in [5.74, 6) is 0.616. The van der Waals surface area contributed by atoms with Gasteiger partial charge in [-0.15, -0.1) is 0 Å². The van der Waals surface area contributed by atoms with E-state index in [-0.39, 0.29) is 4.83 Å². The highest BCUT2D eigenvalue weighted by Crippen LogP contribution is 2.34. The third-order valence-corrected chi connectivity index (χ3v) is 5.18. The van der Waals surface area contributed by atoms with Crippen molar-refractivity contribution in [3.05, 3.63) is 69.7 Å². The van der Waals surface area contributed by atoms with Gasteiger partial charge in [0.05, 0.1) is 4.83 Å². The van der Waals surface area contributed by atoms with E-state index < -0.39 is 0 Å². The van der Waals surface area contributed by atoms with E-state index in [1.54, 1.807) is 0 Å². The lowest BCUT2D eigenvalue weighted by atomic mass is 9.95. The second-order valence-electron chi connectivity index (χ2n) is 5.34. The molecule has 0 amide bonds. The summed E-state index contributed by atoms with van der Waals surface area (Å²) in [5.41, 5.74) is 5.15. The quantitative estimate of drug-likeness (QED) is 0.541. The normalized spacial score (nSPS) is 14.1. The fourth-order valence-corrected chi connectivity index (χ4v) is 3.27. The number of benzene rings is 2. The van der Waals surface area contributed by atoms with Crippen molar-refractivity contribution in [3.63, 3.8) is 0 Å². The average molecular weight is 352 g/mol. The Morgan fingerprint density at radius 1 is 1.05 bits per heavy atom. The lowest BCUT2D eigenvalue weighted by Crippen LogP contribution is -1.97. The van der Waals surface area contributed by atoms with E-state index in [4.69, 9.17) is 11.6 Å². The van der Waals surface area contributed by atoms with Crippen molar-refractivity contribution in [2.45, 2.75) is 37.9 Å². The van der Waals surface area contributed by atoms with Gasteiger partial charge in [-0.2, -0.15) is 0 Å². The summed E-state index contributed by atoms with van der Waals surface area (Å²) in [4.78, 5) is 0.187. The number of hydrogen-bond donors (Lipinski definition) is 0. The molecule has 0 heterocycles. The maximum Gasteiger partial charge on any atom is 0.0647 e. The molecule has 0 bridgehead atoms. The molecule has 0 fully saturated rings. The van der Waals surface area contributed by atoms with Gasteiger partial charge in [0, 0.05) is 5.02 Å². The number of aryl methyl sites for hydroxylation is 1. The van der Waals surface area contributed by atoms with Gasteiger partial charge in [-0.25, -0.2) is 0 Å².